The second-order valence-electron chi connectivity index (χ2n) is 2.27. The van der Waals surface area contributed by atoms with Crippen LogP contribution >= 0.6 is 0 Å². The first-order valence-electron chi connectivity index (χ1n) is 3.13. The Kier molecular flexibility index (Phi) is 1.80. The van der Waals surface area contributed by atoms with Gasteiger partial charge in [-0.3, -0.25) is 4.68 Å². The third-order valence-electron chi connectivity index (χ3n) is 1.38. The van der Waals surface area contributed by atoms with E-state index < -0.39 is 12.0 Å². The van der Waals surface area contributed by atoms with E-state index in [1.54, 1.807) is 0 Å². The van der Waals surface area contributed by atoms with Crippen molar-refractivity contribution in [1.82, 2.24) is 9.78 Å². The molecule has 0 aromatic carbocycles. The molecule has 0 saturated carbocycles. The topological polar surface area (TPSA) is 81.1 Å². The zero-order valence-electron chi connectivity index (χ0n) is 6.06. The number of aliphatic carboxylic acids is 1. The molecule has 0 aliphatic rings. The Hall–Kier alpha value is -1.52. The largest absolute Gasteiger partial charge is 0.480 e. The Morgan fingerprint density at radius 2 is 2.55 bits per heavy atom. The molecule has 60 valence electrons. The molecule has 5 nitrogen and oxygen atoms in total. The number of carbonyl (C=O) groups is 1. The molecule has 1 heterocycles. The maximum atomic E-state index is 10.4. The van der Waals surface area contributed by atoms with E-state index in [0.717, 1.165) is 0 Å². The van der Waals surface area contributed by atoms with Gasteiger partial charge < -0.3 is 10.8 Å². The van der Waals surface area contributed by atoms with Crippen molar-refractivity contribution in [1.29, 1.82) is 0 Å². The molecule has 3 N–H and O–H groups in total. The molecule has 0 fully saturated rings. The number of anilines is 1. The van der Waals surface area contributed by atoms with E-state index in [4.69, 9.17) is 10.8 Å². The maximum absolute atomic E-state index is 10.4. The summed E-state index contributed by atoms with van der Waals surface area (Å²) in [7, 11) is 0. The van der Waals surface area contributed by atoms with Crippen LogP contribution in [0, 0.1) is 0 Å². The molecule has 1 atom stereocenters. The molecule has 0 aliphatic heterocycles. The van der Waals surface area contributed by atoms with Crippen LogP contribution in [0.25, 0.3) is 0 Å². The van der Waals surface area contributed by atoms with Gasteiger partial charge in [0.05, 0.1) is 11.9 Å². The summed E-state index contributed by atoms with van der Waals surface area (Å²) >= 11 is 0. The molecule has 1 rings (SSSR count). The number of hydrogen-bond acceptors (Lipinski definition) is 3. The summed E-state index contributed by atoms with van der Waals surface area (Å²) < 4.78 is 1.30. The van der Waals surface area contributed by atoms with Gasteiger partial charge in [-0.15, -0.1) is 0 Å². The Morgan fingerprint density at radius 1 is 1.91 bits per heavy atom. The predicted octanol–water partition coefficient (Wildman–Crippen LogP) is 0.111. The molecule has 0 aliphatic carbocycles. The lowest BCUT2D eigenvalue weighted by molar-refractivity contribution is -0.140. The van der Waals surface area contributed by atoms with Gasteiger partial charge in [0.2, 0.25) is 0 Å². The van der Waals surface area contributed by atoms with Crippen molar-refractivity contribution in [3.05, 3.63) is 12.4 Å². The minimum absolute atomic E-state index is 0.470. The molecular weight excluding hydrogens is 146 g/mol. The van der Waals surface area contributed by atoms with Gasteiger partial charge in [-0.05, 0) is 6.92 Å². The van der Waals surface area contributed by atoms with Crippen molar-refractivity contribution in [3.8, 4) is 0 Å². The number of nitrogens with two attached hydrogens (primary N) is 1. The molecule has 0 bridgehead atoms. The van der Waals surface area contributed by atoms with E-state index >= 15 is 0 Å². The molecule has 0 amide bonds. The lowest BCUT2D eigenvalue weighted by Crippen LogP contribution is -2.15. The molecule has 0 spiro atoms. The highest BCUT2D eigenvalue weighted by atomic mass is 16.4. The zero-order valence-corrected chi connectivity index (χ0v) is 6.06. The number of nitrogens with zero attached hydrogens (tertiary/aromatic N) is 2. The second kappa shape index (κ2) is 2.61. The van der Waals surface area contributed by atoms with Gasteiger partial charge in [-0.25, -0.2) is 4.79 Å². The fourth-order valence-electron chi connectivity index (χ4n) is 0.678. The summed E-state index contributed by atoms with van der Waals surface area (Å²) in [6.45, 7) is 1.54. The maximum Gasteiger partial charge on any atom is 0.328 e. The predicted molar refractivity (Wildman–Crippen MR) is 39.0 cm³/mol. The summed E-state index contributed by atoms with van der Waals surface area (Å²) in [6, 6.07) is -0.660. The first kappa shape index (κ1) is 7.59. The average molecular weight is 155 g/mol. The third kappa shape index (κ3) is 1.49. The van der Waals surface area contributed by atoms with Gasteiger partial charge in [0.15, 0.2) is 0 Å². The molecule has 0 radical (unpaired) electrons. The molecule has 0 unspecified atom stereocenters. The van der Waals surface area contributed by atoms with Gasteiger partial charge in [0.25, 0.3) is 0 Å². The van der Waals surface area contributed by atoms with Crippen LogP contribution in [0.2, 0.25) is 0 Å². The van der Waals surface area contributed by atoms with Crippen LogP contribution in [0.3, 0.4) is 0 Å². The minimum Gasteiger partial charge on any atom is -0.480 e. The Morgan fingerprint density at radius 3 is 2.91 bits per heavy atom. The number of nitrogen functional groups attached to an aromatic ring is 1. The van der Waals surface area contributed by atoms with Crippen molar-refractivity contribution in [2.75, 3.05) is 5.73 Å². The van der Waals surface area contributed by atoms with Gasteiger partial charge in [0.1, 0.15) is 6.04 Å². The van der Waals surface area contributed by atoms with Gasteiger partial charge in [-0.2, -0.15) is 5.10 Å². The van der Waals surface area contributed by atoms with Gasteiger partial charge in [-0.1, -0.05) is 0 Å². The quantitative estimate of drug-likeness (QED) is 0.635. The van der Waals surface area contributed by atoms with E-state index in [9.17, 15) is 4.79 Å². The van der Waals surface area contributed by atoms with E-state index in [1.165, 1.54) is 24.0 Å². The highest BCUT2D eigenvalue weighted by Gasteiger charge is 2.12. The van der Waals surface area contributed by atoms with E-state index in [-0.39, 0.29) is 0 Å². The monoisotopic (exact) mass is 155 g/mol. The van der Waals surface area contributed by atoms with Crippen LogP contribution in [0.5, 0.6) is 0 Å². The van der Waals surface area contributed by atoms with Crippen LogP contribution < -0.4 is 5.73 Å². The van der Waals surface area contributed by atoms with E-state index in [1.807, 2.05) is 0 Å². The molecule has 1 aromatic rings. The number of carboxylic acids is 1. The summed E-state index contributed by atoms with van der Waals surface area (Å²) in [5.41, 5.74) is 5.81. The summed E-state index contributed by atoms with van der Waals surface area (Å²) in [6.07, 6.45) is 2.90. The smallest absolute Gasteiger partial charge is 0.328 e. The SMILES string of the molecule is C[C@H](C(=O)O)n1cc(N)cn1. The first-order valence-corrected chi connectivity index (χ1v) is 3.13. The van der Waals surface area contributed by atoms with Gasteiger partial charge >= 0.3 is 5.97 Å². The third-order valence-corrected chi connectivity index (χ3v) is 1.38. The fraction of sp³-hybridized carbons (Fsp3) is 0.333. The van der Waals surface area contributed by atoms with Crippen molar-refractivity contribution >= 4 is 11.7 Å². The lowest BCUT2D eigenvalue weighted by atomic mass is 10.3. The van der Waals surface area contributed by atoms with Crippen molar-refractivity contribution in [2.24, 2.45) is 0 Å². The van der Waals surface area contributed by atoms with Crippen LogP contribution in [0.1, 0.15) is 13.0 Å². The number of rotatable bonds is 2. The van der Waals surface area contributed by atoms with E-state index in [0.29, 0.717) is 5.69 Å². The van der Waals surface area contributed by atoms with Crippen LogP contribution in [-0.2, 0) is 4.79 Å². The lowest BCUT2D eigenvalue weighted by Gasteiger charge is -2.04. The van der Waals surface area contributed by atoms with Crippen LogP contribution in [0.4, 0.5) is 5.69 Å². The normalized spacial score (nSPS) is 12.8. The molecule has 0 saturated heterocycles. The van der Waals surface area contributed by atoms with Crippen molar-refractivity contribution in [3.63, 3.8) is 0 Å². The fourth-order valence-corrected chi connectivity index (χ4v) is 0.678. The summed E-state index contributed by atoms with van der Waals surface area (Å²) in [5.74, 6) is -0.923. The highest BCUT2D eigenvalue weighted by molar-refractivity contribution is 5.71. The standard InChI is InChI=1S/C6H9N3O2/c1-4(6(10)11)9-3-5(7)2-8-9/h2-4H,7H2,1H3,(H,10,11)/t4-/m1/s1. The number of hydrogen-bond donors (Lipinski definition) is 2. The average Bonchev–Trinajstić information content (AvgIpc) is 2.34. The first-order chi connectivity index (χ1) is 5.11. The van der Waals surface area contributed by atoms with Crippen LogP contribution in [0.15, 0.2) is 12.4 Å². The molecule has 1 aromatic heterocycles. The highest BCUT2D eigenvalue weighted by Crippen LogP contribution is 2.06. The Balaban J connectivity index is 2.84. The Bertz CT molecular complexity index is 269. The van der Waals surface area contributed by atoms with E-state index in [2.05, 4.69) is 5.10 Å². The van der Waals surface area contributed by atoms with Gasteiger partial charge in [0, 0.05) is 6.20 Å². The Labute approximate surface area is 63.4 Å². The minimum atomic E-state index is -0.923. The molecule has 5 heteroatoms. The van der Waals surface area contributed by atoms with Crippen molar-refractivity contribution in [2.45, 2.75) is 13.0 Å². The van der Waals surface area contributed by atoms with Crippen LogP contribution in [-0.4, -0.2) is 20.9 Å². The number of carboxylic acid groups (broad SMARTS) is 1. The summed E-state index contributed by atoms with van der Waals surface area (Å²) in [5, 5.41) is 12.3. The zero-order chi connectivity index (χ0) is 8.43. The molecule has 11 heavy (non-hydrogen) atoms. The molecular formula is C6H9N3O2. The van der Waals surface area contributed by atoms with Crippen molar-refractivity contribution < 1.29 is 9.90 Å². The summed E-state index contributed by atoms with van der Waals surface area (Å²) in [4.78, 5) is 10.4. The number of aromatic nitrogens is 2. The second-order valence-corrected chi connectivity index (χ2v) is 2.27.